The number of nitrogens with one attached hydrogen (secondary N) is 1. The van der Waals surface area contributed by atoms with Gasteiger partial charge in [-0.25, -0.2) is 19.7 Å². The van der Waals surface area contributed by atoms with Crippen LogP contribution in [0.2, 0.25) is 0 Å². The molecule has 2 rings (SSSR count). The summed E-state index contributed by atoms with van der Waals surface area (Å²) in [6.45, 7) is 0.512. The third kappa shape index (κ3) is 3.38. The standard InChI is InChI=1S/C12H12N4O3/c1-19-11-3-2-8(5-16-11)4-14-10-7-13-9(6-15-10)12(17)18/h2-3,5-7H,4H2,1H3,(H,14,15)(H,17,18). The van der Waals surface area contributed by atoms with E-state index in [1.165, 1.54) is 12.4 Å². The Morgan fingerprint density at radius 3 is 2.63 bits per heavy atom. The maximum atomic E-state index is 10.6. The Morgan fingerprint density at radius 1 is 1.26 bits per heavy atom. The van der Waals surface area contributed by atoms with Gasteiger partial charge in [0.05, 0.1) is 19.5 Å². The first-order chi connectivity index (χ1) is 9.19. The van der Waals surface area contributed by atoms with Crippen LogP contribution in [0.1, 0.15) is 16.1 Å². The van der Waals surface area contributed by atoms with Crippen molar-refractivity contribution in [2.75, 3.05) is 12.4 Å². The number of carboxylic acid groups (broad SMARTS) is 1. The van der Waals surface area contributed by atoms with Gasteiger partial charge in [-0.1, -0.05) is 6.07 Å². The fraction of sp³-hybridized carbons (Fsp3) is 0.167. The van der Waals surface area contributed by atoms with Gasteiger partial charge in [0.2, 0.25) is 5.88 Å². The van der Waals surface area contributed by atoms with Crippen LogP contribution in [-0.2, 0) is 6.54 Å². The molecule has 7 heteroatoms. The molecular weight excluding hydrogens is 248 g/mol. The molecule has 7 nitrogen and oxygen atoms in total. The molecular formula is C12H12N4O3. The smallest absolute Gasteiger partial charge is 0.356 e. The fourth-order valence-corrected chi connectivity index (χ4v) is 1.36. The van der Waals surface area contributed by atoms with E-state index >= 15 is 0 Å². The Balaban J connectivity index is 1.95. The Hall–Kier alpha value is -2.70. The zero-order valence-electron chi connectivity index (χ0n) is 10.2. The summed E-state index contributed by atoms with van der Waals surface area (Å²) in [6, 6.07) is 3.63. The van der Waals surface area contributed by atoms with Crippen molar-refractivity contribution < 1.29 is 14.6 Å². The van der Waals surface area contributed by atoms with Gasteiger partial charge in [0.25, 0.3) is 0 Å². The van der Waals surface area contributed by atoms with E-state index in [9.17, 15) is 4.79 Å². The number of methoxy groups -OCH3 is 1. The van der Waals surface area contributed by atoms with Crippen LogP contribution in [0.5, 0.6) is 5.88 Å². The van der Waals surface area contributed by atoms with Gasteiger partial charge >= 0.3 is 5.97 Å². The van der Waals surface area contributed by atoms with Crippen molar-refractivity contribution >= 4 is 11.8 Å². The molecule has 2 aromatic heterocycles. The molecule has 0 spiro atoms. The van der Waals surface area contributed by atoms with Crippen LogP contribution in [0.4, 0.5) is 5.82 Å². The molecule has 0 aliphatic carbocycles. The van der Waals surface area contributed by atoms with E-state index in [1.54, 1.807) is 19.4 Å². The predicted octanol–water partition coefficient (Wildman–Crippen LogP) is 1.19. The van der Waals surface area contributed by atoms with E-state index in [2.05, 4.69) is 20.3 Å². The lowest BCUT2D eigenvalue weighted by Gasteiger charge is -2.05. The molecule has 0 amide bonds. The number of ether oxygens (including phenoxy) is 1. The maximum Gasteiger partial charge on any atom is 0.356 e. The first-order valence-electron chi connectivity index (χ1n) is 5.47. The van der Waals surface area contributed by atoms with Crippen LogP contribution >= 0.6 is 0 Å². The fourth-order valence-electron chi connectivity index (χ4n) is 1.36. The average molecular weight is 260 g/mol. The quantitative estimate of drug-likeness (QED) is 0.833. The molecule has 2 heterocycles. The lowest BCUT2D eigenvalue weighted by molar-refractivity contribution is 0.0690. The number of anilines is 1. The monoisotopic (exact) mass is 260 g/mol. The van der Waals surface area contributed by atoms with Crippen LogP contribution in [0.3, 0.4) is 0 Å². The molecule has 0 aromatic carbocycles. The molecule has 0 bridgehead atoms. The zero-order chi connectivity index (χ0) is 13.7. The van der Waals surface area contributed by atoms with E-state index in [1.807, 2.05) is 6.07 Å². The van der Waals surface area contributed by atoms with Crippen molar-refractivity contribution in [3.63, 3.8) is 0 Å². The summed E-state index contributed by atoms with van der Waals surface area (Å²) in [4.78, 5) is 22.4. The highest BCUT2D eigenvalue weighted by atomic mass is 16.5. The number of rotatable bonds is 5. The van der Waals surface area contributed by atoms with Crippen molar-refractivity contribution in [3.8, 4) is 5.88 Å². The van der Waals surface area contributed by atoms with E-state index in [-0.39, 0.29) is 5.69 Å². The number of pyridine rings is 1. The van der Waals surface area contributed by atoms with Crippen LogP contribution in [0, 0.1) is 0 Å². The third-order valence-corrected chi connectivity index (χ3v) is 2.35. The minimum atomic E-state index is -1.10. The SMILES string of the molecule is COc1ccc(CNc2cnc(C(=O)O)cn2)cn1. The minimum Gasteiger partial charge on any atom is -0.481 e. The topological polar surface area (TPSA) is 97.2 Å². The summed E-state index contributed by atoms with van der Waals surface area (Å²) in [5, 5.41) is 11.7. The molecule has 98 valence electrons. The number of hydrogen-bond donors (Lipinski definition) is 2. The molecule has 0 saturated heterocycles. The highest BCUT2D eigenvalue weighted by molar-refractivity contribution is 5.84. The molecule has 0 atom stereocenters. The summed E-state index contributed by atoms with van der Waals surface area (Å²) >= 11 is 0. The lowest BCUT2D eigenvalue weighted by atomic mass is 10.3. The van der Waals surface area contributed by atoms with Crippen molar-refractivity contribution in [1.29, 1.82) is 0 Å². The lowest BCUT2D eigenvalue weighted by Crippen LogP contribution is -2.05. The largest absolute Gasteiger partial charge is 0.481 e. The Bertz CT molecular complexity index is 554. The Morgan fingerprint density at radius 2 is 2.11 bits per heavy atom. The van der Waals surface area contributed by atoms with Gasteiger partial charge in [0.1, 0.15) is 5.82 Å². The molecule has 19 heavy (non-hydrogen) atoms. The molecule has 0 aliphatic rings. The molecule has 0 saturated carbocycles. The third-order valence-electron chi connectivity index (χ3n) is 2.35. The second kappa shape index (κ2) is 5.76. The Labute approximate surface area is 109 Å². The van der Waals surface area contributed by atoms with Gasteiger partial charge in [-0.3, -0.25) is 0 Å². The number of carboxylic acids is 1. The number of nitrogens with zero attached hydrogens (tertiary/aromatic N) is 3. The van der Waals surface area contributed by atoms with Crippen LogP contribution < -0.4 is 10.1 Å². The maximum absolute atomic E-state index is 10.6. The van der Waals surface area contributed by atoms with Gasteiger partial charge in [0.15, 0.2) is 5.69 Å². The zero-order valence-corrected chi connectivity index (χ0v) is 10.2. The first kappa shape index (κ1) is 12.7. The summed E-state index contributed by atoms with van der Waals surface area (Å²) in [6.07, 6.45) is 4.27. The molecule has 2 aromatic rings. The van der Waals surface area contributed by atoms with E-state index in [4.69, 9.17) is 9.84 Å². The molecule has 0 radical (unpaired) electrons. The summed E-state index contributed by atoms with van der Waals surface area (Å²) < 4.78 is 4.96. The summed E-state index contributed by atoms with van der Waals surface area (Å²) in [5.41, 5.74) is 0.863. The number of aromatic carboxylic acids is 1. The highest BCUT2D eigenvalue weighted by Crippen LogP contribution is 2.08. The number of carbonyl (C=O) groups is 1. The van der Waals surface area contributed by atoms with E-state index in [0.29, 0.717) is 18.2 Å². The van der Waals surface area contributed by atoms with Gasteiger partial charge in [0, 0.05) is 18.8 Å². The predicted molar refractivity (Wildman–Crippen MR) is 67.1 cm³/mol. The van der Waals surface area contributed by atoms with Crippen molar-refractivity contribution in [2.45, 2.75) is 6.54 Å². The summed E-state index contributed by atoms with van der Waals surface area (Å²) in [7, 11) is 1.56. The van der Waals surface area contributed by atoms with Crippen molar-refractivity contribution in [2.24, 2.45) is 0 Å². The molecule has 0 aliphatic heterocycles. The van der Waals surface area contributed by atoms with Gasteiger partial charge < -0.3 is 15.2 Å². The molecule has 0 unspecified atom stereocenters. The van der Waals surface area contributed by atoms with Crippen LogP contribution in [0.15, 0.2) is 30.7 Å². The number of aromatic nitrogens is 3. The second-order valence-electron chi connectivity index (χ2n) is 3.65. The first-order valence-corrected chi connectivity index (χ1v) is 5.47. The summed E-state index contributed by atoms with van der Waals surface area (Å²) in [5.74, 6) is -0.0476. The molecule has 0 fully saturated rings. The second-order valence-corrected chi connectivity index (χ2v) is 3.65. The van der Waals surface area contributed by atoms with Crippen LogP contribution in [0.25, 0.3) is 0 Å². The number of hydrogen-bond acceptors (Lipinski definition) is 6. The van der Waals surface area contributed by atoms with E-state index < -0.39 is 5.97 Å². The van der Waals surface area contributed by atoms with Gasteiger partial charge in [-0.2, -0.15) is 0 Å². The van der Waals surface area contributed by atoms with Crippen molar-refractivity contribution in [1.82, 2.24) is 15.0 Å². The molecule has 2 N–H and O–H groups in total. The minimum absolute atomic E-state index is 0.0864. The van der Waals surface area contributed by atoms with E-state index in [0.717, 1.165) is 5.56 Å². The highest BCUT2D eigenvalue weighted by Gasteiger charge is 2.04. The van der Waals surface area contributed by atoms with Crippen molar-refractivity contribution in [3.05, 3.63) is 42.0 Å². The normalized spacial score (nSPS) is 9.95. The average Bonchev–Trinajstić information content (AvgIpc) is 2.46. The van der Waals surface area contributed by atoms with Crippen LogP contribution in [-0.4, -0.2) is 33.1 Å². The Kier molecular flexibility index (Phi) is 3.87. The van der Waals surface area contributed by atoms with Gasteiger partial charge in [-0.05, 0) is 5.56 Å². The van der Waals surface area contributed by atoms with Gasteiger partial charge in [-0.15, -0.1) is 0 Å².